The summed E-state index contributed by atoms with van der Waals surface area (Å²) in [5, 5.41) is 9.27. The van der Waals surface area contributed by atoms with E-state index in [4.69, 9.17) is 0 Å². The third-order valence-corrected chi connectivity index (χ3v) is 3.40. The first-order valence-electron chi connectivity index (χ1n) is 6.07. The Morgan fingerprint density at radius 3 is 2.44 bits per heavy atom. The number of likely N-dealkylation sites (N-methyl/N-ethyl adjacent to an activating group) is 1. The Kier molecular flexibility index (Phi) is 4.46. The molecule has 0 saturated heterocycles. The number of carboxylic acids is 1. The van der Waals surface area contributed by atoms with E-state index in [9.17, 15) is 14.3 Å². The predicted octanol–water partition coefficient (Wildman–Crippen LogP) is 3.07. The summed E-state index contributed by atoms with van der Waals surface area (Å²) >= 11 is 0. The number of nitrogens with zero attached hydrogens (tertiary/aromatic N) is 1. The molecule has 0 aromatic heterocycles. The summed E-state index contributed by atoms with van der Waals surface area (Å²) in [6.07, 6.45) is 0. The molecule has 0 spiro atoms. The van der Waals surface area contributed by atoms with E-state index in [2.05, 4.69) is 0 Å². The molecule has 0 amide bonds. The van der Waals surface area contributed by atoms with Crippen LogP contribution in [0.1, 0.15) is 39.3 Å². The lowest BCUT2D eigenvalue weighted by Gasteiger charge is -2.39. The fraction of sp³-hybridized carbons (Fsp3) is 0.500. The maximum atomic E-state index is 13.8. The first-order chi connectivity index (χ1) is 8.32. The fourth-order valence-electron chi connectivity index (χ4n) is 2.26. The van der Waals surface area contributed by atoms with Gasteiger partial charge in [0.25, 0.3) is 0 Å². The number of carboxylic acid groups (broad SMARTS) is 1. The average molecular weight is 253 g/mol. The van der Waals surface area contributed by atoms with Crippen LogP contribution < -0.4 is 0 Å². The maximum absolute atomic E-state index is 13.8. The largest absolute Gasteiger partial charge is 0.480 e. The van der Waals surface area contributed by atoms with Gasteiger partial charge in [0, 0.05) is 11.6 Å². The van der Waals surface area contributed by atoms with Gasteiger partial charge in [-0.05, 0) is 33.4 Å². The van der Waals surface area contributed by atoms with Crippen LogP contribution in [0.4, 0.5) is 4.39 Å². The van der Waals surface area contributed by atoms with Gasteiger partial charge in [0.15, 0.2) is 0 Å². The van der Waals surface area contributed by atoms with Crippen LogP contribution in [0, 0.1) is 5.82 Å². The quantitative estimate of drug-likeness (QED) is 0.876. The molecular formula is C14H20FNO2. The highest BCUT2D eigenvalue weighted by Gasteiger charge is 2.37. The molecule has 0 radical (unpaired) electrons. The van der Waals surface area contributed by atoms with Crippen LogP contribution in [0.15, 0.2) is 24.3 Å². The number of aliphatic carboxylic acids is 1. The van der Waals surface area contributed by atoms with Gasteiger partial charge >= 0.3 is 5.97 Å². The summed E-state index contributed by atoms with van der Waals surface area (Å²) < 4.78 is 13.8. The predicted molar refractivity (Wildman–Crippen MR) is 68.9 cm³/mol. The van der Waals surface area contributed by atoms with Crippen molar-refractivity contribution >= 4 is 5.97 Å². The molecule has 1 aromatic rings. The standard InChI is InChI=1S/C14H20FNO2/c1-5-16(14(3,4)13(17)18)10(2)11-8-6-7-9-12(11)15/h6-10H,5H2,1-4H3,(H,17,18). The molecule has 0 heterocycles. The molecule has 0 fully saturated rings. The van der Waals surface area contributed by atoms with Gasteiger partial charge in [-0.25, -0.2) is 4.39 Å². The average Bonchev–Trinajstić information content (AvgIpc) is 2.29. The molecule has 0 bridgehead atoms. The minimum atomic E-state index is -1.03. The lowest BCUT2D eigenvalue weighted by atomic mass is 9.97. The zero-order chi connectivity index (χ0) is 13.9. The van der Waals surface area contributed by atoms with Gasteiger partial charge < -0.3 is 5.11 Å². The zero-order valence-electron chi connectivity index (χ0n) is 11.3. The highest BCUT2D eigenvalue weighted by molar-refractivity contribution is 5.77. The molecule has 18 heavy (non-hydrogen) atoms. The highest BCUT2D eigenvalue weighted by Crippen LogP contribution is 2.29. The van der Waals surface area contributed by atoms with Crippen molar-refractivity contribution in [3.8, 4) is 0 Å². The molecular weight excluding hydrogens is 233 g/mol. The molecule has 1 aromatic carbocycles. The van der Waals surface area contributed by atoms with Gasteiger partial charge in [-0.3, -0.25) is 9.69 Å². The smallest absolute Gasteiger partial charge is 0.323 e. The van der Waals surface area contributed by atoms with Crippen LogP contribution in [0.2, 0.25) is 0 Å². The molecule has 0 aliphatic rings. The van der Waals surface area contributed by atoms with E-state index in [-0.39, 0.29) is 11.9 Å². The Labute approximate surface area is 107 Å². The molecule has 1 atom stereocenters. The van der Waals surface area contributed by atoms with E-state index >= 15 is 0 Å². The Morgan fingerprint density at radius 1 is 1.44 bits per heavy atom. The van der Waals surface area contributed by atoms with E-state index in [1.54, 1.807) is 36.9 Å². The number of halogens is 1. The van der Waals surface area contributed by atoms with Crippen molar-refractivity contribution in [2.24, 2.45) is 0 Å². The molecule has 3 nitrogen and oxygen atoms in total. The summed E-state index contributed by atoms with van der Waals surface area (Å²) in [6, 6.07) is 6.19. The van der Waals surface area contributed by atoms with Crippen LogP contribution in [-0.4, -0.2) is 28.1 Å². The van der Waals surface area contributed by atoms with Crippen LogP contribution in [-0.2, 0) is 4.79 Å². The fourth-order valence-corrected chi connectivity index (χ4v) is 2.26. The Hall–Kier alpha value is -1.42. The SMILES string of the molecule is CCN(C(C)c1ccccc1F)C(C)(C)C(=O)O. The lowest BCUT2D eigenvalue weighted by molar-refractivity contribution is -0.150. The van der Waals surface area contributed by atoms with Crippen molar-refractivity contribution in [1.82, 2.24) is 4.90 Å². The van der Waals surface area contributed by atoms with E-state index in [0.717, 1.165) is 0 Å². The zero-order valence-corrected chi connectivity index (χ0v) is 11.3. The number of rotatable bonds is 5. The van der Waals surface area contributed by atoms with Crippen LogP contribution >= 0.6 is 0 Å². The second kappa shape index (κ2) is 5.48. The summed E-state index contributed by atoms with van der Waals surface area (Å²) in [4.78, 5) is 13.1. The van der Waals surface area contributed by atoms with Gasteiger partial charge in [0.05, 0.1) is 0 Å². The van der Waals surface area contributed by atoms with Crippen molar-refractivity contribution in [3.05, 3.63) is 35.6 Å². The first kappa shape index (κ1) is 14.6. The summed E-state index contributed by atoms with van der Waals surface area (Å²) in [5.74, 6) is -1.21. The molecule has 0 aliphatic heterocycles. The van der Waals surface area contributed by atoms with Crippen molar-refractivity contribution in [1.29, 1.82) is 0 Å². The molecule has 4 heteroatoms. The molecule has 1 unspecified atom stereocenters. The Morgan fingerprint density at radius 2 is 2.00 bits per heavy atom. The molecule has 1 rings (SSSR count). The van der Waals surface area contributed by atoms with Crippen LogP contribution in [0.5, 0.6) is 0 Å². The van der Waals surface area contributed by atoms with Gasteiger partial charge in [-0.15, -0.1) is 0 Å². The minimum Gasteiger partial charge on any atom is -0.480 e. The maximum Gasteiger partial charge on any atom is 0.323 e. The van der Waals surface area contributed by atoms with Gasteiger partial charge in [-0.2, -0.15) is 0 Å². The van der Waals surface area contributed by atoms with Crippen molar-refractivity contribution in [3.63, 3.8) is 0 Å². The molecule has 1 N–H and O–H groups in total. The Bertz CT molecular complexity index is 432. The summed E-state index contributed by atoms with van der Waals surface area (Å²) in [5.41, 5.74) is -0.509. The van der Waals surface area contributed by atoms with Crippen LogP contribution in [0.3, 0.4) is 0 Å². The third kappa shape index (κ3) is 2.70. The van der Waals surface area contributed by atoms with Crippen molar-refractivity contribution in [2.45, 2.75) is 39.3 Å². The highest BCUT2D eigenvalue weighted by atomic mass is 19.1. The number of hydrogen-bond donors (Lipinski definition) is 1. The number of carbonyl (C=O) groups is 1. The van der Waals surface area contributed by atoms with E-state index in [0.29, 0.717) is 12.1 Å². The first-order valence-corrected chi connectivity index (χ1v) is 6.07. The number of benzene rings is 1. The summed E-state index contributed by atoms with van der Waals surface area (Å²) in [6.45, 7) is 7.51. The monoisotopic (exact) mass is 253 g/mol. The van der Waals surface area contributed by atoms with E-state index in [1.807, 2.05) is 13.8 Å². The van der Waals surface area contributed by atoms with E-state index < -0.39 is 11.5 Å². The van der Waals surface area contributed by atoms with Crippen molar-refractivity contribution in [2.75, 3.05) is 6.54 Å². The second-order valence-electron chi connectivity index (χ2n) is 4.85. The lowest BCUT2D eigenvalue weighted by Crippen LogP contribution is -2.51. The number of hydrogen-bond acceptors (Lipinski definition) is 2. The van der Waals surface area contributed by atoms with Gasteiger partial charge in [0.2, 0.25) is 0 Å². The minimum absolute atomic E-state index is 0.290. The van der Waals surface area contributed by atoms with Crippen LogP contribution in [0.25, 0.3) is 0 Å². The van der Waals surface area contributed by atoms with Gasteiger partial charge in [-0.1, -0.05) is 25.1 Å². The second-order valence-corrected chi connectivity index (χ2v) is 4.85. The summed E-state index contributed by atoms with van der Waals surface area (Å²) in [7, 11) is 0. The Balaban J connectivity index is 3.11. The van der Waals surface area contributed by atoms with Gasteiger partial charge in [0.1, 0.15) is 11.4 Å². The third-order valence-electron chi connectivity index (χ3n) is 3.40. The van der Waals surface area contributed by atoms with E-state index in [1.165, 1.54) is 6.07 Å². The topological polar surface area (TPSA) is 40.5 Å². The molecule has 0 saturated carbocycles. The normalized spacial score (nSPS) is 13.7. The van der Waals surface area contributed by atoms with Crippen molar-refractivity contribution < 1.29 is 14.3 Å². The molecule has 100 valence electrons. The molecule has 0 aliphatic carbocycles.